The predicted octanol–water partition coefficient (Wildman–Crippen LogP) is 2.88. The second-order valence-corrected chi connectivity index (χ2v) is 6.50. The summed E-state index contributed by atoms with van der Waals surface area (Å²) in [4.78, 5) is 23.1. The van der Waals surface area contributed by atoms with E-state index >= 15 is 0 Å². The molecular formula is C21H23NO6. The highest BCUT2D eigenvalue weighted by Crippen LogP contribution is 2.29. The minimum atomic E-state index is -1.03. The Hall–Kier alpha value is -3.06. The molecule has 1 aliphatic rings. The van der Waals surface area contributed by atoms with Crippen molar-refractivity contribution < 1.29 is 28.9 Å². The Morgan fingerprint density at radius 1 is 1.14 bits per heavy atom. The summed E-state index contributed by atoms with van der Waals surface area (Å²) in [6.45, 7) is 1.57. The minimum Gasteiger partial charge on any atom is -0.493 e. The molecule has 28 heavy (non-hydrogen) atoms. The Balaban J connectivity index is 1.57. The lowest BCUT2D eigenvalue weighted by molar-refractivity contribution is 0.0669. The smallest absolute Gasteiger partial charge is 0.335 e. The van der Waals surface area contributed by atoms with Gasteiger partial charge in [0.15, 0.2) is 11.5 Å². The van der Waals surface area contributed by atoms with E-state index in [1.54, 1.807) is 7.11 Å². The highest BCUT2D eigenvalue weighted by molar-refractivity contribution is 5.95. The Morgan fingerprint density at radius 2 is 1.89 bits per heavy atom. The monoisotopic (exact) mass is 385 g/mol. The lowest BCUT2D eigenvalue weighted by Crippen LogP contribution is -2.23. The van der Waals surface area contributed by atoms with Crippen LogP contribution in [0.1, 0.15) is 39.1 Å². The topological polar surface area (TPSA) is 94.1 Å². The molecule has 0 spiro atoms. The molecule has 0 radical (unpaired) electrons. The van der Waals surface area contributed by atoms with E-state index in [-0.39, 0.29) is 17.6 Å². The van der Waals surface area contributed by atoms with Crippen molar-refractivity contribution in [2.24, 2.45) is 0 Å². The maximum Gasteiger partial charge on any atom is 0.335 e. The van der Waals surface area contributed by atoms with Crippen molar-refractivity contribution in [3.63, 3.8) is 0 Å². The molecule has 3 rings (SSSR count). The number of rotatable bonds is 8. The Kier molecular flexibility index (Phi) is 6.49. The maximum absolute atomic E-state index is 12.2. The number of carbonyl (C=O) groups is 2. The van der Waals surface area contributed by atoms with E-state index in [0.29, 0.717) is 30.2 Å². The Morgan fingerprint density at radius 3 is 2.54 bits per heavy atom. The first-order valence-corrected chi connectivity index (χ1v) is 9.09. The van der Waals surface area contributed by atoms with Gasteiger partial charge in [0, 0.05) is 18.7 Å². The van der Waals surface area contributed by atoms with Crippen LogP contribution in [0.5, 0.6) is 11.5 Å². The van der Waals surface area contributed by atoms with Crippen LogP contribution in [0.15, 0.2) is 42.5 Å². The third kappa shape index (κ3) is 5.01. The van der Waals surface area contributed by atoms with Crippen LogP contribution in [-0.4, -0.2) is 43.4 Å². The van der Waals surface area contributed by atoms with Crippen molar-refractivity contribution in [1.82, 2.24) is 5.32 Å². The second kappa shape index (κ2) is 9.23. The minimum absolute atomic E-state index is 0.121. The van der Waals surface area contributed by atoms with Crippen molar-refractivity contribution in [3.8, 4) is 11.5 Å². The number of carboxylic acids is 1. The quantitative estimate of drug-likeness (QED) is 0.726. The molecule has 2 N–H and O–H groups in total. The van der Waals surface area contributed by atoms with Gasteiger partial charge in [-0.25, -0.2) is 4.79 Å². The molecule has 0 unspecified atom stereocenters. The third-order valence-corrected chi connectivity index (χ3v) is 4.52. The third-order valence-electron chi connectivity index (χ3n) is 4.52. The van der Waals surface area contributed by atoms with E-state index in [9.17, 15) is 9.59 Å². The van der Waals surface area contributed by atoms with Crippen molar-refractivity contribution in [2.75, 3.05) is 20.3 Å². The molecule has 1 fully saturated rings. The van der Waals surface area contributed by atoms with Crippen LogP contribution in [0.25, 0.3) is 0 Å². The molecule has 7 heteroatoms. The van der Waals surface area contributed by atoms with E-state index in [1.807, 2.05) is 18.2 Å². The molecule has 1 amide bonds. The maximum atomic E-state index is 12.2. The molecule has 2 aromatic carbocycles. The normalized spacial score (nSPS) is 15.8. The van der Waals surface area contributed by atoms with E-state index < -0.39 is 5.97 Å². The number of benzene rings is 2. The van der Waals surface area contributed by atoms with Gasteiger partial charge in [0.25, 0.3) is 5.91 Å². The van der Waals surface area contributed by atoms with Gasteiger partial charge >= 0.3 is 5.97 Å². The van der Waals surface area contributed by atoms with Crippen LogP contribution >= 0.6 is 0 Å². The summed E-state index contributed by atoms with van der Waals surface area (Å²) in [7, 11) is 1.57. The van der Waals surface area contributed by atoms with Gasteiger partial charge < -0.3 is 24.6 Å². The summed E-state index contributed by atoms with van der Waals surface area (Å²) < 4.78 is 16.8. The lowest BCUT2D eigenvalue weighted by atomic mass is 10.1. The SMILES string of the molecule is COc1cc(CNC(=O)c2ccc(C(=O)O)cc2)ccc1OC[C@@H]1CCCO1. The zero-order valence-corrected chi connectivity index (χ0v) is 15.6. The molecule has 7 nitrogen and oxygen atoms in total. The first kappa shape index (κ1) is 19.7. The van der Waals surface area contributed by atoms with Crippen molar-refractivity contribution >= 4 is 11.9 Å². The summed E-state index contributed by atoms with van der Waals surface area (Å²) in [5.74, 6) is -0.0802. The van der Waals surface area contributed by atoms with Gasteiger partial charge in [-0.2, -0.15) is 0 Å². The van der Waals surface area contributed by atoms with Gasteiger partial charge in [-0.15, -0.1) is 0 Å². The largest absolute Gasteiger partial charge is 0.493 e. The molecule has 1 saturated heterocycles. The molecule has 0 aromatic heterocycles. The van der Waals surface area contributed by atoms with E-state index in [0.717, 1.165) is 25.0 Å². The Bertz CT molecular complexity index is 827. The number of amides is 1. The van der Waals surface area contributed by atoms with Gasteiger partial charge in [-0.05, 0) is 54.8 Å². The summed E-state index contributed by atoms with van der Waals surface area (Å²) in [5.41, 5.74) is 1.39. The van der Waals surface area contributed by atoms with Gasteiger partial charge in [0.2, 0.25) is 0 Å². The Labute approximate surface area is 163 Å². The average molecular weight is 385 g/mol. The van der Waals surface area contributed by atoms with Gasteiger partial charge in [0.05, 0.1) is 18.8 Å². The van der Waals surface area contributed by atoms with E-state index in [2.05, 4.69) is 5.32 Å². The van der Waals surface area contributed by atoms with Crippen molar-refractivity contribution in [3.05, 3.63) is 59.2 Å². The number of aromatic carboxylic acids is 1. The fourth-order valence-electron chi connectivity index (χ4n) is 2.95. The number of methoxy groups -OCH3 is 1. The predicted molar refractivity (Wildman–Crippen MR) is 102 cm³/mol. The van der Waals surface area contributed by atoms with E-state index in [1.165, 1.54) is 24.3 Å². The molecule has 0 saturated carbocycles. The average Bonchev–Trinajstić information content (AvgIpc) is 3.24. The first-order chi connectivity index (χ1) is 13.6. The van der Waals surface area contributed by atoms with Crippen molar-refractivity contribution in [1.29, 1.82) is 0 Å². The fraction of sp³-hybridized carbons (Fsp3) is 0.333. The summed E-state index contributed by atoms with van der Waals surface area (Å²) in [6.07, 6.45) is 2.18. The number of carboxylic acid groups (broad SMARTS) is 1. The standard InChI is InChI=1S/C21H23NO6/c1-26-19-11-14(4-9-18(19)28-13-17-3-2-10-27-17)12-22-20(23)15-5-7-16(8-6-15)21(24)25/h4-9,11,17H,2-3,10,12-13H2,1H3,(H,22,23)(H,24,25)/t17-/m0/s1. The molecule has 2 aromatic rings. The van der Waals surface area contributed by atoms with Crippen LogP contribution in [0.2, 0.25) is 0 Å². The van der Waals surface area contributed by atoms with Crippen molar-refractivity contribution in [2.45, 2.75) is 25.5 Å². The fourth-order valence-corrected chi connectivity index (χ4v) is 2.95. The molecule has 0 aliphatic carbocycles. The summed E-state index contributed by atoms with van der Waals surface area (Å²) in [5, 5.41) is 11.7. The lowest BCUT2D eigenvalue weighted by Gasteiger charge is -2.15. The molecule has 0 bridgehead atoms. The zero-order chi connectivity index (χ0) is 19.9. The second-order valence-electron chi connectivity index (χ2n) is 6.50. The van der Waals surface area contributed by atoms with Crippen LogP contribution in [0.3, 0.4) is 0 Å². The first-order valence-electron chi connectivity index (χ1n) is 9.09. The van der Waals surface area contributed by atoms with Gasteiger partial charge in [-0.1, -0.05) is 6.07 Å². The zero-order valence-electron chi connectivity index (χ0n) is 15.6. The highest BCUT2D eigenvalue weighted by atomic mass is 16.5. The summed E-state index contributed by atoms with van der Waals surface area (Å²) in [6, 6.07) is 11.3. The van der Waals surface area contributed by atoms with Crippen LogP contribution in [-0.2, 0) is 11.3 Å². The van der Waals surface area contributed by atoms with Crippen LogP contribution in [0, 0.1) is 0 Å². The number of ether oxygens (including phenoxy) is 3. The molecule has 148 valence electrons. The summed E-state index contributed by atoms with van der Waals surface area (Å²) >= 11 is 0. The number of carbonyl (C=O) groups excluding carboxylic acids is 1. The van der Waals surface area contributed by atoms with Gasteiger partial charge in [0.1, 0.15) is 6.61 Å². The van der Waals surface area contributed by atoms with E-state index in [4.69, 9.17) is 19.3 Å². The molecular weight excluding hydrogens is 362 g/mol. The number of hydrogen-bond donors (Lipinski definition) is 2. The van der Waals surface area contributed by atoms with Crippen LogP contribution < -0.4 is 14.8 Å². The number of nitrogens with one attached hydrogen (secondary N) is 1. The molecule has 1 atom stereocenters. The molecule has 1 heterocycles. The highest BCUT2D eigenvalue weighted by Gasteiger charge is 2.17. The van der Waals surface area contributed by atoms with Gasteiger partial charge in [-0.3, -0.25) is 4.79 Å². The molecule has 1 aliphatic heterocycles. The number of hydrogen-bond acceptors (Lipinski definition) is 5. The van der Waals surface area contributed by atoms with Crippen LogP contribution in [0.4, 0.5) is 0 Å².